The second kappa shape index (κ2) is 6.52. The standard InChI is InChI=1S/C14H17F3O2S2/c15-14(16,17)12(10-13(18)19)21(9-5-4-8-20-21)11-6-2-1-3-7-11/h1-3,6-7,12H,4-5,8-10H2,(H,18,19). The number of carboxylic acids is 1. The van der Waals surface area contributed by atoms with Crippen LogP contribution in [0.3, 0.4) is 0 Å². The van der Waals surface area contributed by atoms with Crippen molar-refractivity contribution in [2.45, 2.75) is 35.6 Å². The van der Waals surface area contributed by atoms with Gasteiger partial charge < -0.3 is 5.11 Å². The number of carbonyl (C=O) groups is 1. The summed E-state index contributed by atoms with van der Waals surface area (Å²) in [5.74, 6) is -0.276. The molecule has 0 spiro atoms. The van der Waals surface area contributed by atoms with E-state index >= 15 is 0 Å². The van der Waals surface area contributed by atoms with Crippen LogP contribution in [-0.2, 0) is 4.79 Å². The van der Waals surface area contributed by atoms with E-state index in [2.05, 4.69) is 0 Å². The molecule has 2 unspecified atom stereocenters. The zero-order valence-corrected chi connectivity index (χ0v) is 12.9. The SMILES string of the molecule is O=C(O)CC(C(F)(F)F)S1(c2ccccc2)CCCCS1. The molecule has 0 aliphatic carbocycles. The summed E-state index contributed by atoms with van der Waals surface area (Å²) < 4.78 is 40.6. The molecule has 118 valence electrons. The van der Waals surface area contributed by atoms with E-state index in [0.29, 0.717) is 16.4 Å². The van der Waals surface area contributed by atoms with Crippen LogP contribution in [0.1, 0.15) is 19.3 Å². The maximum atomic E-state index is 13.5. The van der Waals surface area contributed by atoms with Crippen LogP contribution in [0.2, 0.25) is 0 Å². The van der Waals surface area contributed by atoms with Crippen molar-refractivity contribution >= 4 is 25.8 Å². The maximum Gasteiger partial charge on any atom is 0.400 e. The van der Waals surface area contributed by atoms with Crippen LogP contribution in [0.15, 0.2) is 35.2 Å². The summed E-state index contributed by atoms with van der Waals surface area (Å²) in [6, 6.07) is 8.66. The topological polar surface area (TPSA) is 37.3 Å². The molecule has 0 bridgehead atoms. The average molecular weight is 338 g/mol. The van der Waals surface area contributed by atoms with Crippen molar-refractivity contribution in [2.24, 2.45) is 0 Å². The Labute approximate surface area is 126 Å². The summed E-state index contributed by atoms with van der Waals surface area (Å²) in [6.45, 7) is 0. The molecule has 1 fully saturated rings. The third-order valence-electron chi connectivity index (χ3n) is 3.46. The average Bonchev–Trinajstić information content (AvgIpc) is 2.45. The zero-order chi connectivity index (χ0) is 15.5. The third-order valence-corrected chi connectivity index (χ3v) is 11.2. The number of hydrogen-bond acceptors (Lipinski definition) is 2. The fourth-order valence-electron chi connectivity index (χ4n) is 2.54. The molecule has 21 heavy (non-hydrogen) atoms. The van der Waals surface area contributed by atoms with Gasteiger partial charge in [-0.15, -0.1) is 10.8 Å². The first-order valence-corrected chi connectivity index (χ1v) is 10.0. The maximum absolute atomic E-state index is 13.5. The Kier molecular flexibility index (Phi) is 5.14. The predicted molar refractivity (Wildman–Crippen MR) is 81.0 cm³/mol. The number of halogens is 3. The number of aliphatic carboxylic acids is 1. The van der Waals surface area contributed by atoms with Crippen LogP contribution in [0, 0.1) is 0 Å². The van der Waals surface area contributed by atoms with E-state index in [4.69, 9.17) is 5.11 Å². The van der Waals surface area contributed by atoms with E-state index in [9.17, 15) is 18.0 Å². The molecule has 1 N–H and O–H groups in total. The van der Waals surface area contributed by atoms with Crippen LogP contribution in [0.5, 0.6) is 0 Å². The van der Waals surface area contributed by atoms with Gasteiger partial charge in [-0.2, -0.15) is 22.2 Å². The summed E-state index contributed by atoms with van der Waals surface area (Å²) >= 11 is 0. The van der Waals surface area contributed by atoms with E-state index < -0.39 is 32.9 Å². The molecule has 0 saturated carbocycles. The van der Waals surface area contributed by atoms with Gasteiger partial charge in [-0.25, -0.2) is 0 Å². The first kappa shape index (κ1) is 16.5. The first-order chi connectivity index (χ1) is 9.86. The Morgan fingerprint density at radius 1 is 1.29 bits per heavy atom. The number of carboxylic acid groups (broad SMARTS) is 1. The molecule has 1 aromatic rings. The van der Waals surface area contributed by atoms with Crippen LogP contribution in [-0.4, -0.2) is 34.0 Å². The van der Waals surface area contributed by atoms with Gasteiger partial charge in [0.1, 0.15) is 5.25 Å². The molecule has 7 heteroatoms. The molecule has 0 radical (unpaired) electrons. The summed E-state index contributed by atoms with van der Waals surface area (Å²) in [5, 5.41) is 7.16. The Hall–Kier alpha value is -0.820. The van der Waals surface area contributed by atoms with Crippen LogP contribution in [0.4, 0.5) is 13.2 Å². The molecular formula is C14H17F3O2S2. The normalized spacial score (nSPS) is 27.6. The van der Waals surface area contributed by atoms with E-state index in [1.54, 1.807) is 30.3 Å². The van der Waals surface area contributed by atoms with E-state index in [1.807, 2.05) is 0 Å². The first-order valence-electron chi connectivity index (χ1n) is 6.64. The third kappa shape index (κ3) is 3.69. The summed E-state index contributed by atoms with van der Waals surface area (Å²) in [7, 11) is -0.918. The summed E-state index contributed by atoms with van der Waals surface area (Å²) in [5.41, 5.74) is 0. The molecule has 2 atom stereocenters. The minimum Gasteiger partial charge on any atom is -0.481 e. The number of hydrogen-bond donors (Lipinski definition) is 1. The lowest BCUT2D eigenvalue weighted by atomic mass is 10.3. The molecule has 1 aromatic carbocycles. The minimum absolute atomic E-state index is 0.444. The summed E-state index contributed by atoms with van der Waals surface area (Å²) in [6.07, 6.45) is -3.72. The second-order valence-electron chi connectivity index (χ2n) is 4.90. The lowest BCUT2D eigenvalue weighted by Gasteiger charge is -2.48. The number of alkyl halides is 3. The highest BCUT2D eigenvalue weighted by Gasteiger charge is 2.53. The van der Waals surface area contributed by atoms with E-state index in [1.165, 1.54) is 10.8 Å². The lowest BCUT2D eigenvalue weighted by Crippen LogP contribution is -2.37. The van der Waals surface area contributed by atoms with Gasteiger partial charge in [-0.1, -0.05) is 18.2 Å². The lowest BCUT2D eigenvalue weighted by molar-refractivity contribution is -0.150. The predicted octanol–water partition coefficient (Wildman–Crippen LogP) is 4.70. The quantitative estimate of drug-likeness (QED) is 0.809. The highest BCUT2D eigenvalue weighted by Crippen LogP contribution is 2.74. The Bertz CT molecular complexity index is 485. The molecule has 1 aliphatic heterocycles. The van der Waals surface area contributed by atoms with E-state index in [-0.39, 0.29) is 0 Å². The van der Waals surface area contributed by atoms with Crippen molar-refractivity contribution in [2.75, 3.05) is 11.5 Å². The Morgan fingerprint density at radius 2 is 1.95 bits per heavy atom. The van der Waals surface area contributed by atoms with Crippen molar-refractivity contribution < 1.29 is 23.1 Å². The molecule has 2 nitrogen and oxygen atoms in total. The van der Waals surface area contributed by atoms with Gasteiger partial charge in [-0.05, 0) is 35.6 Å². The van der Waals surface area contributed by atoms with Crippen molar-refractivity contribution in [3.8, 4) is 0 Å². The molecule has 2 rings (SSSR count). The van der Waals surface area contributed by atoms with Crippen LogP contribution >= 0.6 is 19.9 Å². The monoisotopic (exact) mass is 338 g/mol. The Balaban J connectivity index is 2.49. The molecule has 1 aliphatic rings. The number of benzene rings is 1. The highest BCUT2D eigenvalue weighted by atomic mass is 33.2. The molecule has 0 amide bonds. The van der Waals surface area contributed by atoms with Gasteiger partial charge in [-0.3, -0.25) is 4.79 Å². The smallest absolute Gasteiger partial charge is 0.400 e. The summed E-state index contributed by atoms with van der Waals surface area (Å²) in [4.78, 5) is 11.6. The van der Waals surface area contributed by atoms with Crippen LogP contribution < -0.4 is 0 Å². The van der Waals surface area contributed by atoms with Crippen molar-refractivity contribution in [1.82, 2.24) is 0 Å². The largest absolute Gasteiger partial charge is 0.481 e. The van der Waals surface area contributed by atoms with Crippen molar-refractivity contribution in [1.29, 1.82) is 0 Å². The molecule has 0 aromatic heterocycles. The molecule has 1 heterocycles. The van der Waals surface area contributed by atoms with Gasteiger partial charge >= 0.3 is 12.1 Å². The van der Waals surface area contributed by atoms with Gasteiger partial charge in [0.25, 0.3) is 0 Å². The number of rotatable bonds is 4. The fourth-order valence-corrected chi connectivity index (χ4v) is 10.2. The fraction of sp³-hybridized carbons (Fsp3) is 0.500. The molecule has 1 saturated heterocycles. The molecular weight excluding hydrogens is 321 g/mol. The van der Waals surface area contributed by atoms with Gasteiger partial charge in [0, 0.05) is 5.75 Å². The minimum atomic E-state index is -4.49. The second-order valence-corrected chi connectivity index (χ2v) is 10.9. The van der Waals surface area contributed by atoms with Crippen molar-refractivity contribution in [3.05, 3.63) is 30.3 Å². The van der Waals surface area contributed by atoms with Crippen LogP contribution in [0.25, 0.3) is 0 Å². The van der Waals surface area contributed by atoms with E-state index in [0.717, 1.165) is 12.8 Å². The highest BCUT2D eigenvalue weighted by molar-refractivity contribution is 8.94. The van der Waals surface area contributed by atoms with Gasteiger partial charge in [0.05, 0.1) is 6.42 Å². The van der Waals surface area contributed by atoms with Gasteiger partial charge in [0.2, 0.25) is 0 Å². The van der Waals surface area contributed by atoms with Gasteiger partial charge in [0.15, 0.2) is 0 Å². The van der Waals surface area contributed by atoms with Crippen molar-refractivity contribution in [3.63, 3.8) is 0 Å². The Morgan fingerprint density at radius 3 is 2.43 bits per heavy atom. The zero-order valence-electron chi connectivity index (χ0n) is 11.3.